The van der Waals surface area contributed by atoms with Crippen molar-refractivity contribution in [2.75, 3.05) is 13.1 Å². The maximum atomic E-state index is 12.7. The van der Waals surface area contributed by atoms with Crippen LogP contribution in [-0.4, -0.2) is 37.3 Å². The molecule has 2 aliphatic heterocycles. The van der Waals surface area contributed by atoms with Gasteiger partial charge in [-0.3, -0.25) is 19.1 Å². The molecule has 0 aliphatic carbocycles. The van der Waals surface area contributed by atoms with Crippen LogP contribution in [-0.2, 0) is 25.0 Å². The molecular formula is C19H21N5O3S. The van der Waals surface area contributed by atoms with Crippen molar-refractivity contribution < 1.29 is 4.42 Å². The van der Waals surface area contributed by atoms with Crippen LogP contribution in [0.3, 0.4) is 0 Å². The zero-order valence-electron chi connectivity index (χ0n) is 15.6. The van der Waals surface area contributed by atoms with E-state index in [1.165, 1.54) is 16.0 Å². The Morgan fingerprint density at radius 1 is 1.21 bits per heavy atom. The molecule has 2 aliphatic rings. The van der Waals surface area contributed by atoms with Crippen LogP contribution in [0.1, 0.15) is 34.9 Å². The highest BCUT2D eigenvalue weighted by Gasteiger charge is 2.47. The molecule has 8 nitrogen and oxygen atoms in total. The Balaban J connectivity index is 1.47. The lowest BCUT2D eigenvalue weighted by molar-refractivity contribution is 0.297. The molecule has 28 heavy (non-hydrogen) atoms. The van der Waals surface area contributed by atoms with Crippen molar-refractivity contribution in [3.63, 3.8) is 0 Å². The molecule has 1 fully saturated rings. The third-order valence-corrected chi connectivity index (χ3v) is 6.64. The van der Waals surface area contributed by atoms with Gasteiger partial charge in [0.2, 0.25) is 0 Å². The number of aryl methyl sites for hydroxylation is 1. The summed E-state index contributed by atoms with van der Waals surface area (Å²) >= 11 is 1.53. The number of rotatable bonds is 4. The molecule has 1 saturated heterocycles. The van der Waals surface area contributed by atoms with Crippen molar-refractivity contribution in [1.82, 2.24) is 24.2 Å². The first-order valence-electron chi connectivity index (χ1n) is 9.41. The fourth-order valence-electron chi connectivity index (χ4n) is 4.44. The van der Waals surface area contributed by atoms with Gasteiger partial charge in [-0.25, -0.2) is 9.67 Å². The quantitative estimate of drug-likeness (QED) is 0.616. The monoisotopic (exact) mass is 399 g/mol. The molecule has 5 rings (SSSR count). The third-order valence-electron chi connectivity index (χ3n) is 5.82. The third kappa shape index (κ3) is 2.85. The molecular weight excluding hydrogens is 378 g/mol. The molecule has 0 radical (unpaired) electrons. The molecule has 0 bridgehead atoms. The van der Waals surface area contributed by atoms with E-state index in [2.05, 4.69) is 15.0 Å². The van der Waals surface area contributed by atoms with Crippen LogP contribution in [0.15, 0.2) is 38.0 Å². The molecule has 0 aromatic carbocycles. The molecule has 0 N–H and O–H groups in total. The van der Waals surface area contributed by atoms with E-state index in [-0.39, 0.29) is 12.0 Å². The Morgan fingerprint density at radius 3 is 2.82 bits per heavy atom. The summed E-state index contributed by atoms with van der Waals surface area (Å²) in [5.41, 5.74) is 0.698. The van der Waals surface area contributed by atoms with Gasteiger partial charge in [0.15, 0.2) is 0 Å². The molecule has 1 spiro atoms. The molecule has 9 heteroatoms. The number of furan rings is 1. The number of likely N-dealkylation sites (tertiary alicyclic amines) is 1. The van der Waals surface area contributed by atoms with Crippen molar-refractivity contribution >= 4 is 11.3 Å². The standard InChI is InChI=1S/C19H21N5O3S/c1-13-20-15(11-28-13)9-24-17(26)16(25)23-6-4-19(18(23)21-24)3-5-22(12-19)8-14-2-7-27-10-14/h2,7,10-11H,3-6,8-9,12H2,1H3/t19-/m0/s1. The number of hydrogen-bond donors (Lipinski definition) is 0. The maximum Gasteiger partial charge on any atom is 0.332 e. The van der Waals surface area contributed by atoms with Gasteiger partial charge in [0.1, 0.15) is 5.82 Å². The zero-order valence-corrected chi connectivity index (χ0v) is 16.4. The van der Waals surface area contributed by atoms with Crippen LogP contribution < -0.4 is 11.1 Å². The second kappa shape index (κ2) is 6.52. The van der Waals surface area contributed by atoms with Crippen molar-refractivity contribution in [2.45, 2.75) is 44.8 Å². The van der Waals surface area contributed by atoms with E-state index in [4.69, 9.17) is 4.42 Å². The molecule has 1 atom stereocenters. The van der Waals surface area contributed by atoms with Gasteiger partial charge in [0.25, 0.3) is 0 Å². The van der Waals surface area contributed by atoms with Crippen molar-refractivity contribution in [1.29, 1.82) is 0 Å². The average molecular weight is 399 g/mol. The minimum absolute atomic E-state index is 0.170. The summed E-state index contributed by atoms with van der Waals surface area (Å²) in [4.78, 5) is 32.0. The number of fused-ring (bicyclic) bond motifs is 2. The van der Waals surface area contributed by atoms with E-state index in [0.29, 0.717) is 6.54 Å². The van der Waals surface area contributed by atoms with Crippen LogP contribution in [0, 0.1) is 6.92 Å². The SMILES string of the molecule is Cc1nc(Cn2nc3n(c(=O)c2=O)CC[C@]32CCN(Cc3ccoc3)C2)cs1. The highest BCUT2D eigenvalue weighted by Crippen LogP contribution is 2.40. The minimum Gasteiger partial charge on any atom is -0.472 e. The molecule has 0 unspecified atom stereocenters. The number of nitrogens with zero attached hydrogens (tertiary/aromatic N) is 5. The first-order chi connectivity index (χ1) is 13.5. The summed E-state index contributed by atoms with van der Waals surface area (Å²) < 4.78 is 8.06. The molecule has 0 amide bonds. The summed E-state index contributed by atoms with van der Waals surface area (Å²) in [5.74, 6) is 0.749. The zero-order chi connectivity index (χ0) is 19.3. The van der Waals surface area contributed by atoms with Crippen LogP contribution in [0.4, 0.5) is 0 Å². The van der Waals surface area contributed by atoms with E-state index >= 15 is 0 Å². The Morgan fingerprint density at radius 2 is 2.07 bits per heavy atom. The average Bonchev–Trinajstić information content (AvgIpc) is 3.45. The summed E-state index contributed by atoms with van der Waals surface area (Å²) in [6.07, 6.45) is 5.23. The first-order valence-corrected chi connectivity index (χ1v) is 10.3. The predicted octanol–water partition coefficient (Wildman–Crippen LogP) is 1.36. The van der Waals surface area contributed by atoms with Crippen LogP contribution in [0.25, 0.3) is 0 Å². The normalized spacial score (nSPS) is 21.6. The second-order valence-corrected chi connectivity index (χ2v) is 8.79. The summed E-state index contributed by atoms with van der Waals surface area (Å²) in [7, 11) is 0. The van der Waals surface area contributed by atoms with Gasteiger partial charge >= 0.3 is 11.1 Å². The lowest BCUT2D eigenvalue weighted by Gasteiger charge is -2.23. The van der Waals surface area contributed by atoms with Crippen molar-refractivity contribution in [3.8, 4) is 0 Å². The Kier molecular flexibility index (Phi) is 4.09. The van der Waals surface area contributed by atoms with Crippen LogP contribution in [0.2, 0.25) is 0 Å². The van der Waals surface area contributed by atoms with Crippen molar-refractivity contribution in [3.05, 3.63) is 66.8 Å². The van der Waals surface area contributed by atoms with Gasteiger partial charge in [-0.1, -0.05) is 0 Å². The van der Waals surface area contributed by atoms with Gasteiger partial charge < -0.3 is 4.42 Å². The molecule has 3 aromatic heterocycles. The van der Waals surface area contributed by atoms with Crippen molar-refractivity contribution in [2.24, 2.45) is 0 Å². The number of aromatic nitrogens is 4. The molecule has 146 valence electrons. The summed E-state index contributed by atoms with van der Waals surface area (Å²) in [6.45, 7) is 5.31. The van der Waals surface area contributed by atoms with E-state index < -0.39 is 11.1 Å². The first kappa shape index (κ1) is 17.6. The Hall–Kier alpha value is -2.52. The maximum absolute atomic E-state index is 12.7. The number of thiazole rings is 1. The van der Waals surface area contributed by atoms with E-state index in [9.17, 15) is 9.59 Å². The van der Waals surface area contributed by atoms with Crippen LogP contribution >= 0.6 is 11.3 Å². The van der Waals surface area contributed by atoms with E-state index in [1.807, 2.05) is 18.4 Å². The fourth-order valence-corrected chi connectivity index (χ4v) is 5.04. The van der Waals surface area contributed by atoms with Gasteiger partial charge in [-0.2, -0.15) is 5.10 Å². The lowest BCUT2D eigenvalue weighted by Crippen LogP contribution is -2.45. The topological polar surface area (TPSA) is 86.2 Å². The molecule has 0 saturated carbocycles. The second-order valence-electron chi connectivity index (χ2n) is 7.72. The molecule has 5 heterocycles. The van der Waals surface area contributed by atoms with Gasteiger partial charge in [0.05, 0.1) is 29.8 Å². The fraction of sp³-hybridized carbons (Fsp3) is 0.474. The van der Waals surface area contributed by atoms with Gasteiger partial charge in [-0.15, -0.1) is 11.3 Å². The predicted molar refractivity (Wildman–Crippen MR) is 104 cm³/mol. The highest BCUT2D eigenvalue weighted by molar-refractivity contribution is 7.09. The lowest BCUT2D eigenvalue weighted by atomic mass is 9.85. The largest absolute Gasteiger partial charge is 0.472 e. The molecule has 3 aromatic rings. The van der Waals surface area contributed by atoms with Crippen LogP contribution in [0.5, 0.6) is 0 Å². The van der Waals surface area contributed by atoms with E-state index in [1.54, 1.807) is 17.1 Å². The Bertz CT molecular complexity index is 1130. The minimum atomic E-state index is -0.570. The highest BCUT2D eigenvalue weighted by atomic mass is 32.1. The van der Waals surface area contributed by atoms with E-state index in [0.717, 1.165) is 54.6 Å². The van der Waals surface area contributed by atoms with Gasteiger partial charge in [-0.05, 0) is 32.4 Å². The summed E-state index contributed by atoms with van der Waals surface area (Å²) in [5, 5.41) is 7.51. The number of hydrogen-bond acceptors (Lipinski definition) is 7. The smallest absolute Gasteiger partial charge is 0.332 e. The summed E-state index contributed by atoms with van der Waals surface area (Å²) in [6, 6.07) is 1.98. The van der Waals surface area contributed by atoms with Gasteiger partial charge in [0, 0.05) is 36.0 Å². The Labute approximate surface area is 165 Å².